The first-order valence-electron chi connectivity index (χ1n) is 13.1. The van der Waals surface area contributed by atoms with Crippen molar-refractivity contribution in [1.82, 2.24) is 24.8 Å². The predicted molar refractivity (Wildman–Crippen MR) is 147 cm³/mol. The number of carbonyl (C=O) groups excluding carboxylic acids is 1. The Morgan fingerprint density at radius 1 is 1.24 bits per heavy atom. The maximum absolute atomic E-state index is 13.6. The molecule has 198 valence electrons. The van der Waals surface area contributed by atoms with Crippen molar-refractivity contribution in [2.75, 3.05) is 20.2 Å². The number of benzene rings is 1. The zero-order chi connectivity index (χ0) is 26.4. The highest BCUT2D eigenvalue weighted by Gasteiger charge is 2.19. The highest BCUT2D eigenvalue weighted by molar-refractivity contribution is 6.30. The van der Waals surface area contributed by atoms with Crippen LogP contribution in [0.2, 0.25) is 5.02 Å². The molecule has 3 aromatic rings. The Kier molecular flexibility index (Phi) is 9.16. The molecule has 0 bridgehead atoms. The Labute approximate surface area is 223 Å². The summed E-state index contributed by atoms with van der Waals surface area (Å²) in [5.74, 6) is 0.579. The van der Waals surface area contributed by atoms with Gasteiger partial charge in [0.25, 0.3) is 5.56 Å². The molecule has 1 aliphatic rings. The first-order valence-corrected chi connectivity index (χ1v) is 13.5. The third-order valence-electron chi connectivity index (χ3n) is 6.74. The molecular formula is C28H36ClN5O3. The maximum atomic E-state index is 13.6. The second-order valence-electron chi connectivity index (χ2n) is 10.1. The Morgan fingerprint density at radius 2 is 2.03 bits per heavy atom. The average molecular weight is 526 g/mol. The van der Waals surface area contributed by atoms with Crippen LogP contribution in [-0.4, -0.2) is 57.6 Å². The lowest BCUT2D eigenvalue weighted by atomic mass is 9.94. The number of aromatic nitrogens is 3. The Morgan fingerprint density at radius 3 is 2.76 bits per heavy atom. The first kappa shape index (κ1) is 27.1. The largest absolute Gasteiger partial charge is 0.492 e. The lowest BCUT2D eigenvalue weighted by Gasteiger charge is -2.31. The molecule has 0 atom stereocenters. The van der Waals surface area contributed by atoms with Crippen molar-refractivity contribution in [3.8, 4) is 17.1 Å². The molecule has 0 saturated heterocycles. The zero-order valence-electron chi connectivity index (χ0n) is 21.9. The number of fused-ring (bicyclic) bond motifs is 1. The number of carbonyl (C=O) groups is 1. The van der Waals surface area contributed by atoms with Crippen molar-refractivity contribution < 1.29 is 9.53 Å². The zero-order valence-corrected chi connectivity index (χ0v) is 22.6. The molecule has 8 nitrogen and oxygen atoms in total. The normalized spacial score (nSPS) is 14.4. The molecule has 1 fully saturated rings. The van der Waals surface area contributed by atoms with E-state index in [1.165, 1.54) is 36.7 Å². The number of hydrogen-bond acceptors (Lipinski definition) is 6. The highest BCUT2D eigenvalue weighted by Crippen LogP contribution is 2.24. The van der Waals surface area contributed by atoms with Gasteiger partial charge >= 0.3 is 0 Å². The maximum Gasteiger partial charge on any atom is 0.263 e. The van der Waals surface area contributed by atoms with E-state index in [1.807, 2.05) is 13.8 Å². The van der Waals surface area contributed by atoms with E-state index >= 15 is 0 Å². The van der Waals surface area contributed by atoms with E-state index in [9.17, 15) is 9.59 Å². The summed E-state index contributed by atoms with van der Waals surface area (Å²) >= 11 is 6.19. The lowest BCUT2D eigenvalue weighted by Crippen LogP contribution is -2.37. The van der Waals surface area contributed by atoms with Crippen LogP contribution in [0.3, 0.4) is 0 Å². The molecule has 0 radical (unpaired) electrons. The molecule has 9 heteroatoms. The number of pyridine rings is 1. The van der Waals surface area contributed by atoms with E-state index in [2.05, 4.69) is 27.2 Å². The summed E-state index contributed by atoms with van der Waals surface area (Å²) in [6.07, 6.45) is 9.01. The average Bonchev–Trinajstić information content (AvgIpc) is 2.88. The van der Waals surface area contributed by atoms with Crippen molar-refractivity contribution in [2.24, 2.45) is 0 Å². The first-order chi connectivity index (χ1) is 17.8. The van der Waals surface area contributed by atoms with Crippen molar-refractivity contribution in [3.63, 3.8) is 0 Å². The summed E-state index contributed by atoms with van der Waals surface area (Å²) in [6.45, 7) is 5.08. The number of amides is 1. The van der Waals surface area contributed by atoms with Gasteiger partial charge in [0.15, 0.2) is 5.65 Å². The van der Waals surface area contributed by atoms with Gasteiger partial charge in [0.1, 0.15) is 18.1 Å². The fourth-order valence-corrected chi connectivity index (χ4v) is 5.07. The summed E-state index contributed by atoms with van der Waals surface area (Å²) in [4.78, 5) is 37.7. The third-order valence-corrected chi connectivity index (χ3v) is 6.98. The van der Waals surface area contributed by atoms with Crippen molar-refractivity contribution in [3.05, 3.63) is 51.9 Å². The van der Waals surface area contributed by atoms with E-state index in [0.717, 1.165) is 13.0 Å². The monoisotopic (exact) mass is 525 g/mol. The molecular weight excluding hydrogens is 490 g/mol. The molecule has 1 N–H and O–H groups in total. The van der Waals surface area contributed by atoms with Crippen molar-refractivity contribution in [2.45, 2.75) is 71.0 Å². The summed E-state index contributed by atoms with van der Waals surface area (Å²) in [5, 5.41) is 3.65. The molecule has 2 aromatic heterocycles. The van der Waals surface area contributed by atoms with Gasteiger partial charge in [0.05, 0.1) is 18.2 Å². The molecule has 0 aliphatic heterocycles. The number of ether oxygens (including phenoxy) is 1. The summed E-state index contributed by atoms with van der Waals surface area (Å²) in [5.41, 5.74) is 0.576. The fraction of sp³-hybridized carbons (Fsp3) is 0.500. The van der Waals surface area contributed by atoms with Gasteiger partial charge in [-0.25, -0.2) is 9.97 Å². The minimum Gasteiger partial charge on any atom is -0.492 e. The minimum atomic E-state index is -0.353. The molecule has 1 aromatic carbocycles. The topological polar surface area (TPSA) is 89.3 Å². The van der Waals surface area contributed by atoms with Crippen LogP contribution in [0.5, 0.6) is 5.75 Å². The molecule has 1 saturated carbocycles. The summed E-state index contributed by atoms with van der Waals surface area (Å²) in [6, 6.07) is 9.33. The van der Waals surface area contributed by atoms with Crippen LogP contribution in [0.15, 0.2) is 41.3 Å². The van der Waals surface area contributed by atoms with Gasteiger partial charge in [0, 0.05) is 29.2 Å². The Bertz CT molecular complexity index is 1290. The number of nitrogens with zero attached hydrogens (tertiary/aromatic N) is 4. The SMILES string of the molecule is CC(C)NC(=O)Cn1c(-c2cccc(Cl)c2)nc2ncc(OCCCN(C)C3CCCCC3)cc2c1=O. The van der Waals surface area contributed by atoms with Crippen molar-refractivity contribution >= 4 is 28.5 Å². The van der Waals surface area contributed by atoms with E-state index < -0.39 is 0 Å². The molecule has 4 rings (SSSR count). The molecule has 0 unspecified atom stereocenters. The highest BCUT2D eigenvalue weighted by atomic mass is 35.5. The van der Waals surface area contributed by atoms with Crippen LogP contribution < -0.4 is 15.6 Å². The predicted octanol–water partition coefficient (Wildman–Crippen LogP) is 4.67. The van der Waals surface area contributed by atoms with Crippen LogP contribution in [0.4, 0.5) is 0 Å². The lowest BCUT2D eigenvalue weighted by molar-refractivity contribution is -0.122. The number of nitrogens with one attached hydrogen (secondary N) is 1. The van der Waals surface area contributed by atoms with Gasteiger partial charge in [-0.2, -0.15) is 0 Å². The van der Waals surface area contributed by atoms with Crippen LogP contribution in [0.1, 0.15) is 52.4 Å². The number of halogens is 1. The molecule has 1 amide bonds. The Hall–Kier alpha value is -2.97. The standard InChI is InChI=1S/C28H36ClN5O3/c1-19(2)31-25(35)18-34-27(20-9-7-10-21(29)15-20)32-26-24(28(34)36)16-23(17-30-26)37-14-8-13-33(3)22-11-5-4-6-12-22/h7,9-10,15-17,19,22H,4-6,8,11-14,18H2,1-3H3,(H,31,35). The number of hydrogen-bond donors (Lipinski definition) is 1. The van der Waals surface area contributed by atoms with Crippen molar-refractivity contribution in [1.29, 1.82) is 0 Å². The van der Waals surface area contributed by atoms with Gasteiger partial charge in [-0.1, -0.05) is 43.0 Å². The second kappa shape index (κ2) is 12.5. The van der Waals surface area contributed by atoms with Crippen LogP contribution >= 0.6 is 11.6 Å². The second-order valence-corrected chi connectivity index (χ2v) is 10.5. The minimum absolute atomic E-state index is 0.0509. The van der Waals surface area contributed by atoms with E-state index in [1.54, 1.807) is 36.5 Å². The Balaban J connectivity index is 1.55. The van der Waals surface area contributed by atoms with Gasteiger partial charge in [0.2, 0.25) is 5.91 Å². The summed E-state index contributed by atoms with van der Waals surface area (Å²) in [7, 11) is 2.19. The molecule has 2 heterocycles. The van der Waals surface area contributed by atoms with Crippen LogP contribution in [-0.2, 0) is 11.3 Å². The molecule has 37 heavy (non-hydrogen) atoms. The van der Waals surface area contributed by atoms with E-state index in [4.69, 9.17) is 16.3 Å². The number of rotatable bonds is 10. The van der Waals surface area contributed by atoms with Gasteiger partial charge in [-0.05, 0) is 58.4 Å². The molecule has 1 aliphatic carbocycles. The summed E-state index contributed by atoms with van der Waals surface area (Å²) < 4.78 is 7.32. The van der Waals surface area contributed by atoms with Crippen LogP contribution in [0.25, 0.3) is 22.4 Å². The van der Waals surface area contributed by atoms with E-state index in [-0.39, 0.29) is 24.1 Å². The van der Waals surface area contributed by atoms with E-state index in [0.29, 0.717) is 45.8 Å². The third kappa shape index (κ3) is 7.08. The van der Waals surface area contributed by atoms with Crippen LogP contribution in [0, 0.1) is 0 Å². The fourth-order valence-electron chi connectivity index (χ4n) is 4.88. The molecule has 0 spiro atoms. The van der Waals surface area contributed by atoms with Gasteiger partial charge in [-0.3, -0.25) is 14.2 Å². The van der Waals surface area contributed by atoms with Gasteiger partial charge in [-0.15, -0.1) is 0 Å². The van der Waals surface area contributed by atoms with Gasteiger partial charge < -0.3 is 15.0 Å². The smallest absolute Gasteiger partial charge is 0.263 e. The quantitative estimate of drug-likeness (QED) is 0.387.